The molecule has 1 aliphatic carbocycles. The van der Waals surface area contributed by atoms with E-state index in [1.807, 2.05) is 6.07 Å². The first-order chi connectivity index (χ1) is 12.0. The molecule has 6 nitrogen and oxygen atoms in total. The number of carbonyl (C=O) groups excluding carboxylic acids is 2. The zero-order chi connectivity index (χ0) is 18.3. The summed E-state index contributed by atoms with van der Waals surface area (Å²) in [6, 6.07) is 8.89. The number of hydrogen-bond acceptors (Lipinski definition) is 3. The van der Waals surface area contributed by atoms with Gasteiger partial charge in [-0.25, -0.2) is 4.79 Å². The van der Waals surface area contributed by atoms with Crippen LogP contribution in [0.25, 0.3) is 0 Å². The molecule has 0 atom stereocenters. The van der Waals surface area contributed by atoms with Gasteiger partial charge in [0.1, 0.15) is 5.54 Å². The van der Waals surface area contributed by atoms with Gasteiger partial charge in [-0.2, -0.15) is 0 Å². The summed E-state index contributed by atoms with van der Waals surface area (Å²) in [7, 11) is 1.59. The van der Waals surface area contributed by atoms with E-state index in [9.17, 15) is 19.5 Å². The van der Waals surface area contributed by atoms with E-state index in [1.165, 1.54) is 4.90 Å². The molecule has 2 N–H and O–H groups in total. The first-order valence-electron chi connectivity index (χ1n) is 8.81. The summed E-state index contributed by atoms with van der Waals surface area (Å²) in [5.74, 6) is -1.27. The highest BCUT2D eigenvalue weighted by Crippen LogP contribution is 2.33. The Kier molecular flexibility index (Phi) is 6.56. The molecule has 1 aromatic carbocycles. The van der Waals surface area contributed by atoms with Crippen LogP contribution in [0.5, 0.6) is 0 Å². The van der Waals surface area contributed by atoms with Gasteiger partial charge >= 0.3 is 5.97 Å². The van der Waals surface area contributed by atoms with Crippen molar-refractivity contribution in [3.8, 4) is 0 Å². The number of carboxylic acids is 1. The predicted octanol–water partition coefficient (Wildman–Crippen LogP) is 2.44. The molecule has 2 amide bonds. The van der Waals surface area contributed by atoms with E-state index in [0.717, 1.165) is 19.3 Å². The lowest BCUT2D eigenvalue weighted by molar-refractivity contribution is -0.160. The average Bonchev–Trinajstić information content (AvgIpc) is 2.65. The smallest absolute Gasteiger partial charge is 0.329 e. The van der Waals surface area contributed by atoms with Crippen molar-refractivity contribution in [2.45, 2.75) is 50.5 Å². The number of rotatable bonds is 7. The molecular weight excluding hydrogens is 320 g/mol. The highest BCUT2D eigenvalue weighted by molar-refractivity contribution is 5.94. The molecule has 0 bridgehead atoms. The van der Waals surface area contributed by atoms with E-state index in [4.69, 9.17) is 0 Å². The van der Waals surface area contributed by atoms with Crippen LogP contribution in [0, 0.1) is 0 Å². The van der Waals surface area contributed by atoms with E-state index in [-0.39, 0.29) is 18.2 Å². The summed E-state index contributed by atoms with van der Waals surface area (Å²) >= 11 is 0. The number of aliphatic carboxylic acids is 1. The maximum Gasteiger partial charge on any atom is 0.329 e. The zero-order valence-electron chi connectivity index (χ0n) is 14.7. The molecule has 0 aliphatic heterocycles. The van der Waals surface area contributed by atoms with Gasteiger partial charge in [0.05, 0.1) is 0 Å². The predicted molar refractivity (Wildman–Crippen MR) is 94.2 cm³/mol. The Bertz CT molecular complexity index is 609. The SMILES string of the molecule is CN(C(=O)CCCNC(=O)c1ccccc1)C1(C(=O)O)CCCCC1. The minimum absolute atomic E-state index is 0.171. The van der Waals surface area contributed by atoms with E-state index in [2.05, 4.69) is 5.32 Å². The largest absolute Gasteiger partial charge is 0.479 e. The van der Waals surface area contributed by atoms with E-state index >= 15 is 0 Å². The van der Waals surface area contributed by atoms with Gasteiger partial charge in [-0.1, -0.05) is 37.5 Å². The van der Waals surface area contributed by atoms with E-state index < -0.39 is 11.5 Å². The topological polar surface area (TPSA) is 86.7 Å². The highest BCUT2D eigenvalue weighted by Gasteiger charge is 2.45. The van der Waals surface area contributed by atoms with Crippen LogP contribution in [-0.2, 0) is 9.59 Å². The Morgan fingerprint density at radius 1 is 1.12 bits per heavy atom. The maximum absolute atomic E-state index is 12.4. The maximum atomic E-state index is 12.4. The fraction of sp³-hybridized carbons (Fsp3) is 0.526. The summed E-state index contributed by atoms with van der Waals surface area (Å²) in [6.07, 6.45) is 4.40. The third kappa shape index (κ3) is 4.59. The number of nitrogens with one attached hydrogen (secondary N) is 1. The van der Waals surface area contributed by atoms with Crippen molar-refractivity contribution >= 4 is 17.8 Å². The van der Waals surface area contributed by atoms with Crippen LogP contribution in [0.15, 0.2) is 30.3 Å². The number of nitrogens with zero attached hydrogens (tertiary/aromatic N) is 1. The summed E-state index contributed by atoms with van der Waals surface area (Å²) in [5, 5.41) is 12.4. The van der Waals surface area contributed by atoms with Crippen LogP contribution in [0.2, 0.25) is 0 Å². The number of amides is 2. The van der Waals surface area contributed by atoms with Crippen LogP contribution in [0.4, 0.5) is 0 Å². The van der Waals surface area contributed by atoms with Gasteiger partial charge in [-0.15, -0.1) is 0 Å². The van der Waals surface area contributed by atoms with Crippen molar-refractivity contribution in [2.24, 2.45) is 0 Å². The van der Waals surface area contributed by atoms with Crippen molar-refractivity contribution < 1.29 is 19.5 Å². The van der Waals surface area contributed by atoms with Crippen LogP contribution in [0.1, 0.15) is 55.3 Å². The van der Waals surface area contributed by atoms with Crippen molar-refractivity contribution in [1.29, 1.82) is 0 Å². The fourth-order valence-electron chi connectivity index (χ4n) is 3.37. The van der Waals surface area contributed by atoms with E-state index in [0.29, 0.717) is 31.4 Å². The Hall–Kier alpha value is -2.37. The number of benzene rings is 1. The fourth-order valence-corrected chi connectivity index (χ4v) is 3.37. The molecule has 1 saturated carbocycles. The van der Waals surface area contributed by atoms with Crippen LogP contribution in [0.3, 0.4) is 0 Å². The number of carboxylic acid groups (broad SMARTS) is 1. The molecule has 1 fully saturated rings. The normalized spacial score (nSPS) is 16.0. The Morgan fingerprint density at radius 3 is 2.36 bits per heavy atom. The monoisotopic (exact) mass is 346 g/mol. The van der Waals surface area contributed by atoms with Crippen molar-refractivity contribution in [1.82, 2.24) is 10.2 Å². The van der Waals surface area contributed by atoms with Gasteiger partial charge in [0, 0.05) is 25.6 Å². The second-order valence-electron chi connectivity index (χ2n) is 6.58. The van der Waals surface area contributed by atoms with Crippen molar-refractivity contribution in [3.63, 3.8) is 0 Å². The number of likely N-dealkylation sites (N-methyl/N-ethyl adjacent to an activating group) is 1. The zero-order valence-corrected chi connectivity index (χ0v) is 14.7. The molecular formula is C19H26N2O4. The number of hydrogen-bond donors (Lipinski definition) is 2. The molecule has 136 valence electrons. The summed E-state index contributed by atoms with van der Waals surface area (Å²) in [5.41, 5.74) is -0.485. The van der Waals surface area contributed by atoms with Gasteiger partial charge in [-0.05, 0) is 31.4 Å². The lowest BCUT2D eigenvalue weighted by Crippen LogP contribution is -2.56. The Labute approximate surface area is 148 Å². The van der Waals surface area contributed by atoms with Gasteiger partial charge in [0.2, 0.25) is 5.91 Å². The minimum atomic E-state index is -1.07. The highest BCUT2D eigenvalue weighted by atomic mass is 16.4. The molecule has 25 heavy (non-hydrogen) atoms. The third-order valence-corrected chi connectivity index (χ3v) is 4.98. The van der Waals surface area contributed by atoms with Crippen LogP contribution >= 0.6 is 0 Å². The summed E-state index contributed by atoms with van der Waals surface area (Å²) < 4.78 is 0. The third-order valence-electron chi connectivity index (χ3n) is 4.98. The molecule has 1 aromatic rings. The summed E-state index contributed by atoms with van der Waals surface area (Å²) in [6.45, 7) is 0.382. The van der Waals surface area contributed by atoms with Gasteiger partial charge in [-0.3, -0.25) is 9.59 Å². The molecule has 0 heterocycles. The minimum Gasteiger partial charge on any atom is -0.479 e. The summed E-state index contributed by atoms with van der Waals surface area (Å²) in [4.78, 5) is 37.5. The Morgan fingerprint density at radius 2 is 1.76 bits per heavy atom. The van der Waals surface area contributed by atoms with Gasteiger partial charge < -0.3 is 15.3 Å². The van der Waals surface area contributed by atoms with Gasteiger partial charge in [0.15, 0.2) is 0 Å². The molecule has 6 heteroatoms. The van der Waals surface area contributed by atoms with Crippen LogP contribution < -0.4 is 5.32 Å². The first kappa shape index (κ1) is 19.0. The second kappa shape index (κ2) is 8.65. The van der Waals surface area contributed by atoms with Crippen LogP contribution in [-0.4, -0.2) is 46.9 Å². The molecule has 1 aliphatic rings. The second-order valence-corrected chi connectivity index (χ2v) is 6.58. The lowest BCUT2D eigenvalue weighted by Gasteiger charge is -2.41. The first-order valence-corrected chi connectivity index (χ1v) is 8.81. The average molecular weight is 346 g/mol. The standard InChI is InChI=1S/C19H26N2O4/c1-21(19(18(24)25)12-6-3-7-13-19)16(22)11-8-14-20-17(23)15-9-4-2-5-10-15/h2,4-5,9-10H,3,6-8,11-14H2,1H3,(H,20,23)(H,24,25). The molecule has 0 unspecified atom stereocenters. The lowest BCUT2D eigenvalue weighted by atomic mass is 9.80. The molecule has 0 aromatic heterocycles. The Balaban J connectivity index is 1.81. The van der Waals surface area contributed by atoms with Gasteiger partial charge in [0.25, 0.3) is 5.91 Å². The number of carbonyl (C=O) groups is 3. The molecule has 0 saturated heterocycles. The molecule has 2 rings (SSSR count). The molecule has 0 spiro atoms. The quantitative estimate of drug-likeness (QED) is 0.743. The van der Waals surface area contributed by atoms with Crippen molar-refractivity contribution in [2.75, 3.05) is 13.6 Å². The van der Waals surface area contributed by atoms with Crippen molar-refractivity contribution in [3.05, 3.63) is 35.9 Å². The van der Waals surface area contributed by atoms with E-state index in [1.54, 1.807) is 31.3 Å². The molecule has 0 radical (unpaired) electrons.